The molecule has 2 aliphatic heterocycles. The molecule has 0 unspecified atom stereocenters. The van der Waals surface area contributed by atoms with E-state index >= 15 is 0 Å². The van der Waals surface area contributed by atoms with E-state index in [0.29, 0.717) is 104 Å². The second kappa shape index (κ2) is 21.5. The molecule has 24 heteroatoms. The third-order valence-electron chi connectivity index (χ3n) is 10.7. The van der Waals surface area contributed by atoms with Crippen molar-refractivity contribution < 1.29 is 0 Å². The topological polar surface area (TPSA) is 215 Å². The highest BCUT2D eigenvalue weighted by atomic mass is 32.2. The standard InChI is InChI=1S/C56H75N17S7/c1-24-73(25-2)42-43(74-50(3,4)5)58-27-26(57-42)34-65-35(27)67-37-30-31(62-47(78-54(15,16)17)46(61-30)77-53(12,13)14)39(69-37)71-41-33-32(63-48(79-55(18,19)20)49(64-33)80-56(21,22)23)40(72-41)70-38-29-28(36(66-34)68-38)59-44(75-51(6,7)8)45(60-29)76-52(9,10)11/h24-25H2,1-23H3,(H2,65,66,67,68,69,70,71,72). The van der Waals surface area contributed by atoms with Gasteiger partial charge in [-0.2, -0.15) is 0 Å². The van der Waals surface area contributed by atoms with Crippen LogP contribution in [0, 0.1) is 0 Å². The van der Waals surface area contributed by atoms with Gasteiger partial charge in [0.25, 0.3) is 0 Å². The van der Waals surface area contributed by atoms with Gasteiger partial charge in [0.15, 0.2) is 51.7 Å². The Bertz CT molecular complexity index is 3730. The van der Waals surface area contributed by atoms with Crippen molar-refractivity contribution in [3.05, 3.63) is 0 Å². The molecule has 17 nitrogen and oxygen atoms in total. The average Bonchev–Trinajstić information content (AvgIpc) is 3.98. The van der Waals surface area contributed by atoms with Crippen molar-refractivity contribution in [1.82, 2.24) is 79.7 Å². The van der Waals surface area contributed by atoms with E-state index in [9.17, 15) is 0 Å². The van der Waals surface area contributed by atoms with E-state index in [1.165, 1.54) is 0 Å². The zero-order valence-electron chi connectivity index (χ0n) is 50.5. The van der Waals surface area contributed by atoms with Gasteiger partial charge in [-0.3, -0.25) is 0 Å². The molecule has 7 aromatic heterocycles. The predicted molar refractivity (Wildman–Crippen MR) is 341 cm³/mol. The maximum Gasteiger partial charge on any atom is 0.184 e. The van der Waals surface area contributed by atoms with Crippen molar-refractivity contribution in [3.63, 3.8) is 0 Å². The number of H-pyrrole nitrogens is 2. The predicted octanol–water partition coefficient (Wildman–Crippen LogP) is 16.1. The van der Waals surface area contributed by atoms with E-state index < -0.39 is 0 Å². The van der Waals surface area contributed by atoms with E-state index in [0.717, 1.165) is 41.0 Å². The Hall–Kier alpha value is -4.07. The summed E-state index contributed by atoms with van der Waals surface area (Å²) < 4.78 is -1.40. The lowest BCUT2D eigenvalue weighted by Crippen LogP contribution is -2.24. The molecule has 0 saturated carbocycles. The first-order valence-corrected chi connectivity index (χ1v) is 32.6. The fourth-order valence-corrected chi connectivity index (χ4v) is 14.9. The smallest absolute Gasteiger partial charge is 0.184 e. The summed E-state index contributed by atoms with van der Waals surface area (Å²) in [4.78, 5) is 85.1. The Morgan fingerprint density at radius 3 is 0.725 bits per heavy atom. The molecule has 0 radical (unpaired) electrons. The van der Waals surface area contributed by atoms with Crippen LogP contribution < -0.4 is 4.90 Å². The number of hydrogen-bond donors (Lipinski definition) is 2. The fourth-order valence-electron chi connectivity index (χ4n) is 8.07. The summed E-state index contributed by atoms with van der Waals surface area (Å²) in [7, 11) is 0. The quantitative estimate of drug-likeness (QED) is 0.122. The zero-order valence-corrected chi connectivity index (χ0v) is 56.2. The van der Waals surface area contributed by atoms with E-state index in [1.807, 2.05) is 0 Å². The highest BCUT2D eigenvalue weighted by molar-refractivity contribution is 8.04. The molecule has 9 rings (SSSR count). The van der Waals surface area contributed by atoms with Gasteiger partial charge in [0.1, 0.15) is 80.0 Å². The van der Waals surface area contributed by atoms with Gasteiger partial charge in [-0.15, -0.1) is 0 Å². The maximum atomic E-state index is 5.47. The Morgan fingerprint density at radius 1 is 0.275 bits per heavy atom. The molecule has 0 amide bonds. The van der Waals surface area contributed by atoms with Gasteiger partial charge in [0.05, 0.1) is 0 Å². The Balaban J connectivity index is 1.51. The molecule has 426 valence electrons. The lowest BCUT2D eigenvalue weighted by atomic mass is 10.3. The Kier molecular flexibility index (Phi) is 16.3. The number of hydrogen-bond acceptors (Lipinski definition) is 22. The molecule has 2 aliphatic rings. The van der Waals surface area contributed by atoms with Crippen LogP contribution in [0.4, 0.5) is 5.82 Å². The van der Waals surface area contributed by atoms with Gasteiger partial charge in [-0.05, 0) is 13.8 Å². The number of aromatic amines is 2. The maximum absolute atomic E-state index is 5.47. The summed E-state index contributed by atoms with van der Waals surface area (Å²) in [5.41, 5.74) is 5.48. The molecule has 7 aromatic rings. The molecular weight excluding hydrogens is 1140 g/mol. The molecule has 0 spiro atoms. The first-order valence-electron chi connectivity index (χ1n) is 26.9. The van der Waals surface area contributed by atoms with E-state index in [1.54, 1.807) is 82.3 Å². The SMILES string of the molecule is CCN(CC)c1nc2c3nc4nc(nc5[nH]c(nc6nc(nc([nH]3)c2nc1SC(C)(C)C)-c1nc(SC(C)(C)C)c(SC(C)(C)C)nc1-6)c1nc(SC(C)(C)C)c(SC(C)(C)C)nc51)-c1nc(SC(C)(C)C)c(SC(C)(C)C)nc1-4. The summed E-state index contributed by atoms with van der Waals surface area (Å²) >= 11 is 11.6. The molecule has 2 N–H and O–H groups in total. The second-order valence-electron chi connectivity index (χ2n) is 26.4. The molecule has 0 fully saturated rings. The van der Waals surface area contributed by atoms with Crippen molar-refractivity contribution in [2.24, 2.45) is 0 Å². The third kappa shape index (κ3) is 14.1. The third-order valence-corrected chi connectivity index (χ3v) is 18.8. The summed E-state index contributed by atoms with van der Waals surface area (Å²) in [6.45, 7) is 51.4. The summed E-state index contributed by atoms with van der Waals surface area (Å²) in [6, 6.07) is 0. The fraction of sp³-hybridized carbons (Fsp3) is 0.571. The van der Waals surface area contributed by atoms with E-state index in [4.69, 9.17) is 69.8 Å². The van der Waals surface area contributed by atoms with Gasteiger partial charge in [0.2, 0.25) is 0 Å². The van der Waals surface area contributed by atoms with Crippen LogP contribution in [-0.4, -0.2) is 126 Å². The minimum Gasteiger partial charge on any atom is -0.355 e. The van der Waals surface area contributed by atoms with Gasteiger partial charge >= 0.3 is 0 Å². The molecule has 0 saturated heterocycles. The van der Waals surface area contributed by atoms with Crippen LogP contribution in [0.2, 0.25) is 0 Å². The largest absolute Gasteiger partial charge is 0.355 e. The summed E-state index contributed by atoms with van der Waals surface area (Å²) in [5.74, 6) is 1.95. The molecule has 0 aliphatic carbocycles. The van der Waals surface area contributed by atoms with Crippen molar-refractivity contribution in [2.75, 3.05) is 18.0 Å². The second-order valence-corrected chi connectivity index (χ2v) is 39.1. The number of anilines is 1. The van der Waals surface area contributed by atoms with E-state index in [-0.39, 0.29) is 33.2 Å². The average molecular weight is 1210 g/mol. The first kappa shape index (κ1) is 60.5. The monoisotopic (exact) mass is 1210 g/mol. The highest BCUT2D eigenvalue weighted by Gasteiger charge is 2.34. The number of fused-ring (bicyclic) bond motifs is 20. The molecule has 8 bridgehead atoms. The van der Waals surface area contributed by atoms with Gasteiger partial charge in [0, 0.05) is 46.3 Å². The van der Waals surface area contributed by atoms with Crippen molar-refractivity contribution in [1.29, 1.82) is 0 Å². The van der Waals surface area contributed by atoms with Gasteiger partial charge in [-0.25, -0.2) is 69.8 Å². The van der Waals surface area contributed by atoms with Crippen molar-refractivity contribution >= 4 is 133 Å². The molecule has 9 heterocycles. The van der Waals surface area contributed by atoms with Crippen LogP contribution in [0.3, 0.4) is 0 Å². The van der Waals surface area contributed by atoms with Crippen molar-refractivity contribution in [3.8, 4) is 46.1 Å². The molecule has 0 atom stereocenters. The van der Waals surface area contributed by atoms with Crippen LogP contribution in [0.15, 0.2) is 35.2 Å². The van der Waals surface area contributed by atoms with Crippen LogP contribution in [0.25, 0.3) is 90.7 Å². The minimum atomic E-state index is -0.203. The minimum absolute atomic E-state index is 0.198. The first-order chi connectivity index (χ1) is 36.8. The molecule has 0 aromatic carbocycles. The Morgan fingerprint density at radius 2 is 0.487 bits per heavy atom. The summed E-state index contributed by atoms with van der Waals surface area (Å²) in [5, 5.41) is 5.42. The lowest BCUT2D eigenvalue weighted by molar-refractivity contribution is 0.778. The number of thioether (sulfide) groups is 7. The van der Waals surface area contributed by atoms with Crippen molar-refractivity contribution in [2.45, 2.75) is 228 Å². The van der Waals surface area contributed by atoms with Crippen LogP contribution in [0.1, 0.15) is 159 Å². The number of nitrogens with one attached hydrogen (secondary N) is 2. The number of aromatic nitrogens is 16. The number of rotatable bonds is 10. The van der Waals surface area contributed by atoms with E-state index in [2.05, 4.69) is 174 Å². The zero-order chi connectivity index (χ0) is 58.6. The van der Waals surface area contributed by atoms with Crippen LogP contribution in [-0.2, 0) is 0 Å². The van der Waals surface area contributed by atoms with Gasteiger partial charge < -0.3 is 14.9 Å². The highest BCUT2D eigenvalue weighted by Crippen LogP contribution is 2.48. The van der Waals surface area contributed by atoms with Gasteiger partial charge in [-0.1, -0.05) is 228 Å². The van der Waals surface area contributed by atoms with Crippen LogP contribution >= 0.6 is 82.3 Å². The lowest BCUT2D eigenvalue weighted by Gasteiger charge is -2.25. The molecule has 80 heavy (non-hydrogen) atoms. The Labute approximate surface area is 500 Å². The van der Waals surface area contributed by atoms with Crippen LogP contribution in [0.5, 0.6) is 0 Å². The number of nitrogens with zero attached hydrogens (tertiary/aromatic N) is 15. The summed E-state index contributed by atoms with van der Waals surface area (Å²) in [6.07, 6.45) is 0. The normalized spacial score (nSPS) is 13.6. The molecular formula is C56H75N17S7.